The molecule has 33 heavy (non-hydrogen) atoms. The van der Waals surface area contributed by atoms with Crippen LogP contribution in [0.15, 0.2) is 36.4 Å². The summed E-state index contributed by atoms with van der Waals surface area (Å²) in [5.74, 6) is -3.30. The zero-order valence-corrected chi connectivity index (χ0v) is 19.6. The third-order valence-electron chi connectivity index (χ3n) is 5.63. The van der Waals surface area contributed by atoms with E-state index in [-0.39, 0.29) is 35.9 Å². The Morgan fingerprint density at radius 1 is 1.00 bits per heavy atom. The van der Waals surface area contributed by atoms with Gasteiger partial charge >= 0.3 is 0 Å². The van der Waals surface area contributed by atoms with Crippen LogP contribution in [-0.4, -0.2) is 55.1 Å². The first-order chi connectivity index (χ1) is 15.5. The maximum Gasteiger partial charge on any atom is 0.254 e. The van der Waals surface area contributed by atoms with Gasteiger partial charge in [-0.05, 0) is 56.7 Å². The van der Waals surface area contributed by atoms with Crippen LogP contribution in [0.5, 0.6) is 0 Å². The van der Waals surface area contributed by atoms with Crippen LogP contribution in [0.25, 0.3) is 0 Å². The van der Waals surface area contributed by atoms with E-state index in [1.165, 1.54) is 0 Å². The molecule has 0 radical (unpaired) electrons. The Labute approximate surface area is 192 Å². The summed E-state index contributed by atoms with van der Waals surface area (Å²) in [6, 6.07) is 7.36. The van der Waals surface area contributed by atoms with Crippen molar-refractivity contribution < 1.29 is 26.4 Å². The number of rotatable bonds is 7. The number of carbonyl (C=O) groups is 1. The quantitative estimate of drug-likeness (QED) is 0.605. The molecule has 1 heterocycles. The molecule has 2 unspecified atom stereocenters. The first-order valence-electron chi connectivity index (χ1n) is 10.8. The first kappa shape index (κ1) is 25.0. The fraction of sp³-hybridized carbons (Fsp3) is 0.435. The number of anilines is 1. The lowest BCUT2D eigenvalue weighted by molar-refractivity contribution is 0.0262. The molecule has 3 rings (SSSR count). The Hall–Kier alpha value is -2.59. The maximum atomic E-state index is 14.1. The van der Waals surface area contributed by atoms with Gasteiger partial charge in [-0.3, -0.25) is 14.4 Å². The summed E-state index contributed by atoms with van der Waals surface area (Å²) in [5.41, 5.74) is 0.461. The van der Waals surface area contributed by atoms with Crippen LogP contribution in [0.1, 0.15) is 43.1 Å². The zero-order chi connectivity index (χ0) is 24.3. The molecule has 0 aliphatic carbocycles. The number of piperazine rings is 1. The highest BCUT2D eigenvalue weighted by atomic mass is 32.2. The minimum absolute atomic E-state index is 0.0103. The smallest absolute Gasteiger partial charge is 0.254 e. The molecule has 180 valence electrons. The standard InChI is InChI=1S/C23H28F3N3O3S/c1-4-11-33(31,32)27-18-7-5-17(6-8-18)23(30)29-15(2)12-28(13-16(29)3)14-19-20(24)9-10-21(25)22(19)26/h5-10,15-16,27H,4,11-14H2,1-3H3. The lowest BCUT2D eigenvalue weighted by Crippen LogP contribution is -2.58. The van der Waals surface area contributed by atoms with Crippen LogP contribution >= 0.6 is 0 Å². The fourth-order valence-electron chi connectivity index (χ4n) is 4.23. The second-order valence-corrected chi connectivity index (χ2v) is 10.3. The van der Waals surface area contributed by atoms with Crippen molar-refractivity contribution in [3.63, 3.8) is 0 Å². The third-order valence-corrected chi connectivity index (χ3v) is 7.12. The summed E-state index contributed by atoms with van der Waals surface area (Å²) in [6.07, 6.45) is 0.492. The summed E-state index contributed by atoms with van der Waals surface area (Å²) in [6.45, 7) is 6.08. The summed E-state index contributed by atoms with van der Waals surface area (Å²) in [7, 11) is -3.42. The number of nitrogens with zero attached hydrogens (tertiary/aromatic N) is 2. The molecule has 1 amide bonds. The lowest BCUT2D eigenvalue weighted by Gasteiger charge is -2.44. The molecule has 1 aliphatic rings. The van der Waals surface area contributed by atoms with Crippen LogP contribution in [0, 0.1) is 17.5 Å². The Morgan fingerprint density at radius 2 is 1.58 bits per heavy atom. The third kappa shape index (κ3) is 5.86. The van der Waals surface area contributed by atoms with E-state index in [2.05, 4.69) is 4.72 Å². The summed E-state index contributed by atoms with van der Waals surface area (Å²) in [4.78, 5) is 16.6. The molecule has 1 aliphatic heterocycles. The van der Waals surface area contributed by atoms with E-state index in [0.717, 1.165) is 12.1 Å². The largest absolute Gasteiger partial charge is 0.331 e. The molecule has 2 aromatic rings. The number of nitrogens with one attached hydrogen (secondary N) is 1. The summed E-state index contributed by atoms with van der Waals surface area (Å²) >= 11 is 0. The van der Waals surface area contributed by atoms with Gasteiger partial charge in [0.2, 0.25) is 10.0 Å². The van der Waals surface area contributed by atoms with Crippen molar-refractivity contribution in [1.82, 2.24) is 9.80 Å². The van der Waals surface area contributed by atoms with E-state index in [9.17, 15) is 26.4 Å². The molecule has 1 N–H and O–H groups in total. The van der Waals surface area contributed by atoms with Gasteiger partial charge in [-0.2, -0.15) is 0 Å². The number of carbonyl (C=O) groups excluding carboxylic acids is 1. The molecule has 2 aromatic carbocycles. The number of hydrogen-bond donors (Lipinski definition) is 1. The molecule has 1 saturated heterocycles. The van der Waals surface area contributed by atoms with Crippen molar-refractivity contribution in [2.75, 3.05) is 23.6 Å². The minimum atomic E-state index is -3.42. The van der Waals surface area contributed by atoms with E-state index in [0.29, 0.717) is 30.8 Å². The molecule has 10 heteroatoms. The number of amides is 1. The highest BCUT2D eigenvalue weighted by Gasteiger charge is 2.34. The van der Waals surface area contributed by atoms with Gasteiger partial charge in [-0.25, -0.2) is 21.6 Å². The Balaban J connectivity index is 1.69. The summed E-state index contributed by atoms with van der Waals surface area (Å²) in [5, 5.41) is 0. The Kier molecular flexibility index (Phi) is 7.69. The number of benzene rings is 2. The van der Waals surface area contributed by atoms with Crippen LogP contribution in [0.4, 0.5) is 18.9 Å². The molecule has 0 saturated carbocycles. The molecule has 6 nitrogen and oxygen atoms in total. The van der Waals surface area contributed by atoms with Gasteiger partial charge in [0.1, 0.15) is 5.82 Å². The van der Waals surface area contributed by atoms with Crippen LogP contribution in [-0.2, 0) is 16.6 Å². The van der Waals surface area contributed by atoms with E-state index in [4.69, 9.17) is 0 Å². The molecule has 0 bridgehead atoms. The Morgan fingerprint density at radius 3 is 2.15 bits per heavy atom. The van der Waals surface area contributed by atoms with Crippen molar-refractivity contribution in [2.24, 2.45) is 0 Å². The predicted octanol–water partition coefficient (Wildman–Crippen LogP) is 3.99. The number of hydrogen-bond acceptors (Lipinski definition) is 4. The van der Waals surface area contributed by atoms with E-state index in [1.807, 2.05) is 13.8 Å². The van der Waals surface area contributed by atoms with Gasteiger partial charge in [0, 0.05) is 48.5 Å². The normalized spacial score (nSPS) is 19.5. The van der Waals surface area contributed by atoms with Gasteiger partial charge < -0.3 is 4.90 Å². The van der Waals surface area contributed by atoms with Gasteiger partial charge in [0.05, 0.1) is 5.75 Å². The van der Waals surface area contributed by atoms with Crippen LogP contribution in [0.3, 0.4) is 0 Å². The molecule has 1 fully saturated rings. The van der Waals surface area contributed by atoms with Gasteiger partial charge in [-0.1, -0.05) is 6.92 Å². The zero-order valence-electron chi connectivity index (χ0n) is 18.8. The average Bonchev–Trinajstić information content (AvgIpc) is 2.73. The van der Waals surface area contributed by atoms with E-state index >= 15 is 0 Å². The Bertz CT molecular complexity index is 1100. The van der Waals surface area contributed by atoms with Crippen LogP contribution < -0.4 is 4.72 Å². The van der Waals surface area contributed by atoms with Crippen LogP contribution in [0.2, 0.25) is 0 Å². The lowest BCUT2D eigenvalue weighted by atomic mass is 10.0. The highest BCUT2D eigenvalue weighted by molar-refractivity contribution is 7.92. The number of sulfonamides is 1. The predicted molar refractivity (Wildman–Crippen MR) is 121 cm³/mol. The maximum absolute atomic E-state index is 14.1. The van der Waals surface area contributed by atoms with Crippen molar-refractivity contribution in [2.45, 2.75) is 45.8 Å². The second kappa shape index (κ2) is 10.1. The van der Waals surface area contributed by atoms with Gasteiger partial charge in [-0.15, -0.1) is 0 Å². The molecule has 0 spiro atoms. The van der Waals surface area contributed by atoms with Crippen molar-refractivity contribution in [3.8, 4) is 0 Å². The van der Waals surface area contributed by atoms with E-state index < -0.39 is 27.5 Å². The van der Waals surface area contributed by atoms with Gasteiger partial charge in [0.25, 0.3) is 5.91 Å². The molecular weight excluding hydrogens is 455 g/mol. The minimum Gasteiger partial charge on any atom is -0.331 e. The van der Waals surface area contributed by atoms with Crippen molar-refractivity contribution in [1.29, 1.82) is 0 Å². The average molecular weight is 484 g/mol. The van der Waals surface area contributed by atoms with E-state index in [1.54, 1.807) is 41.0 Å². The fourth-order valence-corrected chi connectivity index (χ4v) is 5.36. The SMILES string of the molecule is CCCS(=O)(=O)Nc1ccc(C(=O)N2C(C)CN(Cc3c(F)ccc(F)c3F)CC2C)cc1. The van der Waals surface area contributed by atoms with Crippen molar-refractivity contribution >= 4 is 21.6 Å². The topological polar surface area (TPSA) is 69.7 Å². The number of halogens is 3. The molecular formula is C23H28F3N3O3S. The molecule has 2 atom stereocenters. The summed E-state index contributed by atoms with van der Waals surface area (Å²) < 4.78 is 67.9. The molecule has 0 aromatic heterocycles. The first-order valence-corrected chi connectivity index (χ1v) is 12.5. The van der Waals surface area contributed by atoms with Gasteiger partial charge in [0.15, 0.2) is 11.6 Å². The monoisotopic (exact) mass is 483 g/mol. The van der Waals surface area contributed by atoms with Crippen molar-refractivity contribution in [3.05, 3.63) is 65.0 Å². The highest BCUT2D eigenvalue weighted by Crippen LogP contribution is 2.24. The second-order valence-electron chi connectivity index (χ2n) is 8.42.